The second kappa shape index (κ2) is 5.00. The molecular formula is C12H9Cl2NO3. The second-order valence-electron chi connectivity index (χ2n) is 3.72. The highest BCUT2D eigenvalue weighted by atomic mass is 35.5. The van der Waals surface area contributed by atoms with E-state index in [0.717, 1.165) is 0 Å². The van der Waals surface area contributed by atoms with E-state index in [9.17, 15) is 9.59 Å². The van der Waals surface area contributed by atoms with E-state index >= 15 is 0 Å². The Morgan fingerprint density at radius 2 is 2.06 bits per heavy atom. The molecule has 0 radical (unpaired) electrons. The molecular weight excluding hydrogens is 277 g/mol. The molecule has 0 aliphatic rings. The van der Waals surface area contributed by atoms with E-state index in [0.29, 0.717) is 21.6 Å². The van der Waals surface area contributed by atoms with Crippen LogP contribution in [-0.4, -0.2) is 18.1 Å². The van der Waals surface area contributed by atoms with E-state index in [-0.39, 0.29) is 16.9 Å². The van der Waals surface area contributed by atoms with Crippen molar-refractivity contribution in [2.75, 3.05) is 7.11 Å². The molecule has 0 spiro atoms. The van der Waals surface area contributed by atoms with Crippen LogP contribution in [0.4, 0.5) is 0 Å². The number of aromatic amines is 1. The number of ether oxygens (including phenoxy) is 1. The van der Waals surface area contributed by atoms with Crippen LogP contribution in [0.5, 0.6) is 0 Å². The van der Waals surface area contributed by atoms with Gasteiger partial charge in [0.25, 0.3) is 0 Å². The van der Waals surface area contributed by atoms with Crippen molar-refractivity contribution in [3.05, 3.63) is 44.2 Å². The van der Waals surface area contributed by atoms with Gasteiger partial charge in [-0.1, -0.05) is 23.2 Å². The van der Waals surface area contributed by atoms with Gasteiger partial charge in [0.15, 0.2) is 5.43 Å². The van der Waals surface area contributed by atoms with Gasteiger partial charge in [-0.25, -0.2) is 0 Å². The number of fused-ring (bicyclic) bond motifs is 1. The Hall–Kier alpha value is -1.52. The summed E-state index contributed by atoms with van der Waals surface area (Å²) in [5, 5.41) is 1.05. The maximum absolute atomic E-state index is 11.9. The number of esters is 1. The van der Waals surface area contributed by atoms with Crippen LogP contribution in [0, 0.1) is 0 Å². The molecule has 4 nitrogen and oxygen atoms in total. The molecule has 94 valence electrons. The summed E-state index contributed by atoms with van der Waals surface area (Å²) in [5.41, 5.74) is 0.695. The number of hydrogen-bond acceptors (Lipinski definition) is 3. The second-order valence-corrected chi connectivity index (χ2v) is 4.57. The first-order valence-electron chi connectivity index (χ1n) is 5.09. The van der Waals surface area contributed by atoms with E-state index in [1.807, 2.05) is 0 Å². The zero-order valence-corrected chi connectivity index (χ0v) is 10.9. The van der Waals surface area contributed by atoms with Gasteiger partial charge in [0.1, 0.15) is 0 Å². The van der Waals surface area contributed by atoms with Crippen molar-refractivity contribution in [2.45, 2.75) is 6.42 Å². The standard InChI is InChI=1S/C12H9Cl2NO3/c1-18-11(17)5-7-4-10(16)12-8(14)2-6(13)3-9(12)15-7/h2-4H,5H2,1H3,(H,15,16). The maximum atomic E-state index is 11.9. The van der Waals surface area contributed by atoms with Gasteiger partial charge >= 0.3 is 5.97 Å². The normalized spacial score (nSPS) is 10.6. The number of rotatable bonds is 2. The quantitative estimate of drug-likeness (QED) is 0.863. The molecule has 1 N–H and O–H groups in total. The first kappa shape index (κ1) is 12.9. The molecule has 2 aromatic rings. The molecule has 0 unspecified atom stereocenters. The van der Waals surface area contributed by atoms with Crippen LogP contribution in [0.3, 0.4) is 0 Å². The van der Waals surface area contributed by atoms with Crippen LogP contribution in [0.2, 0.25) is 10.0 Å². The lowest BCUT2D eigenvalue weighted by Crippen LogP contribution is -2.11. The molecule has 0 atom stereocenters. The number of aromatic nitrogens is 1. The predicted molar refractivity (Wildman–Crippen MR) is 70.3 cm³/mol. The van der Waals surface area contributed by atoms with Crippen molar-refractivity contribution in [1.82, 2.24) is 4.98 Å². The van der Waals surface area contributed by atoms with Gasteiger partial charge in [-0.3, -0.25) is 9.59 Å². The first-order valence-corrected chi connectivity index (χ1v) is 5.84. The van der Waals surface area contributed by atoms with Crippen LogP contribution in [0.1, 0.15) is 5.69 Å². The third kappa shape index (κ3) is 2.49. The zero-order valence-electron chi connectivity index (χ0n) is 9.42. The predicted octanol–water partition coefficient (Wildman–Crippen LogP) is 2.55. The van der Waals surface area contributed by atoms with Crippen LogP contribution in [0.25, 0.3) is 10.9 Å². The van der Waals surface area contributed by atoms with Gasteiger partial charge < -0.3 is 9.72 Å². The van der Waals surface area contributed by atoms with Gasteiger partial charge in [0, 0.05) is 16.8 Å². The Kier molecular flexibility index (Phi) is 3.59. The van der Waals surface area contributed by atoms with Crippen molar-refractivity contribution in [3.63, 3.8) is 0 Å². The summed E-state index contributed by atoms with van der Waals surface area (Å²) in [6, 6.07) is 4.42. The Bertz CT molecular complexity index is 679. The molecule has 18 heavy (non-hydrogen) atoms. The summed E-state index contributed by atoms with van der Waals surface area (Å²) in [5.74, 6) is -0.432. The number of pyridine rings is 1. The minimum Gasteiger partial charge on any atom is -0.469 e. The largest absolute Gasteiger partial charge is 0.469 e. The summed E-state index contributed by atoms with van der Waals surface area (Å²) in [6.07, 6.45) is -0.00812. The molecule has 0 aliphatic heterocycles. The summed E-state index contributed by atoms with van der Waals surface area (Å²) < 4.78 is 4.54. The van der Waals surface area contributed by atoms with E-state index in [1.54, 1.807) is 6.07 Å². The minimum atomic E-state index is -0.432. The van der Waals surface area contributed by atoms with Crippen molar-refractivity contribution >= 4 is 40.1 Å². The summed E-state index contributed by atoms with van der Waals surface area (Å²) >= 11 is 11.8. The monoisotopic (exact) mass is 285 g/mol. The number of hydrogen-bond donors (Lipinski definition) is 1. The minimum absolute atomic E-state index is 0.00812. The summed E-state index contributed by atoms with van der Waals surface area (Å²) in [6.45, 7) is 0. The number of carbonyl (C=O) groups is 1. The molecule has 0 bridgehead atoms. The molecule has 0 amide bonds. The Balaban J connectivity index is 2.62. The Morgan fingerprint density at radius 1 is 1.33 bits per heavy atom. The summed E-state index contributed by atoms with van der Waals surface area (Å²) in [7, 11) is 1.29. The number of nitrogens with one attached hydrogen (secondary N) is 1. The number of H-pyrrole nitrogens is 1. The van der Waals surface area contributed by atoms with Gasteiger partial charge in [0.2, 0.25) is 0 Å². The average Bonchev–Trinajstić information content (AvgIpc) is 2.26. The molecule has 0 saturated carbocycles. The van der Waals surface area contributed by atoms with Crippen molar-refractivity contribution in [2.24, 2.45) is 0 Å². The van der Waals surface area contributed by atoms with Crippen LogP contribution in [-0.2, 0) is 16.0 Å². The zero-order chi connectivity index (χ0) is 13.3. The fraction of sp³-hybridized carbons (Fsp3) is 0.167. The highest BCUT2D eigenvalue weighted by molar-refractivity contribution is 6.38. The van der Waals surface area contributed by atoms with Crippen molar-refractivity contribution in [3.8, 4) is 0 Å². The van der Waals surface area contributed by atoms with E-state index in [2.05, 4.69) is 9.72 Å². The van der Waals surface area contributed by atoms with Gasteiger partial charge in [-0.05, 0) is 12.1 Å². The van der Waals surface area contributed by atoms with Crippen molar-refractivity contribution in [1.29, 1.82) is 0 Å². The molecule has 2 rings (SSSR count). The smallest absolute Gasteiger partial charge is 0.311 e. The number of benzene rings is 1. The van der Waals surface area contributed by atoms with Crippen molar-refractivity contribution < 1.29 is 9.53 Å². The van der Waals surface area contributed by atoms with Gasteiger partial charge in [-0.2, -0.15) is 0 Å². The molecule has 0 saturated heterocycles. The van der Waals surface area contributed by atoms with Crippen LogP contribution >= 0.6 is 23.2 Å². The molecule has 0 aliphatic carbocycles. The third-order valence-corrected chi connectivity index (χ3v) is 2.98. The molecule has 1 aromatic carbocycles. The molecule has 1 heterocycles. The van der Waals surface area contributed by atoms with Crippen LogP contribution < -0.4 is 5.43 Å². The van der Waals surface area contributed by atoms with Gasteiger partial charge in [-0.15, -0.1) is 0 Å². The highest BCUT2D eigenvalue weighted by Crippen LogP contribution is 2.24. The fourth-order valence-corrected chi connectivity index (χ4v) is 2.27. The molecule has 6 heteroatoms. The van der Waals surface area contributed by atoms with Crippen LogP contribution in [0.15, 0.2) is 23.0 Å². The first-order chi connectivity index (χ1) is 8.51. The van der Waals surface area contributed by atoms with Gasteiger partial charge in [0.05, 0.1) is 29.5 Å². The number of carbonyl (C=O) groups excluding carboxylic acids is 1. The summed E-state index contributed by atoms with van der Waals surface area (Å²) in [4.78, 5) is 26.0. The lowest BCUT2D eigenvalue weighted by atomic mass is 10.1. The lowest BCUT2D eigenvalue weighted by Gasteiger charge is -2.05. The topological polar surface area (TPSA) is 59.2 Å². The lowest BCUT2D eigenvalue weighted by molar-refractivity contribution is -0.139. The third-order valence-electron chi connectivity index (χ3n) is 2.46. The SMILES string of the molecule is COC(=O)Cc1cc(=O)c2c(Cl)cc(Cl)cc2[nH]1. The maximum Gasteiger partial charge on any atom is 0.311 e. The molecule has 0 fully saturated rings. The number of methoxy groups -OCH3 is 1. The van der Waals surface area contributed by atoms with E-state index < -0.39 is 5.97 Å². The Morgan fingerprint density at radius 3 is 2.72 bits per heavy atom. The van der Waals surface area contributed by atoms with E-state index in [4.69, 9.17) is 23.2 Å². The fourth-order valence-electron chi connectivity index (χ4n) is 1.68. The van der Waals surface area contributed by atoms with E-state index in [1.165, 1.54) is 19.2 Å². The average molecular weight is 286 g/mol. The highest BCUT2D eigenvalue weighted by Gasteiger charge is 2.10. The molecule has 1 aromatic heterocycles. The number of halogens is 2. The Labute approximate surface area is 112 Å².